The maximum absolute atomic E-state index is 9.13. The van der Waals surface area contributed by atoms with Crippen LogP contribution < -0.4 is 0 Å². The molecule has 3 rings (SSSR count). The van der Waals surface area contributed by atoms with Crippen molar-refractivity contribution < 1.29 is 0 Å². The molecule has 0 aliphatic rings. The van der Waals surface area contributed by atoms with Crippen LogP contribution in [0.15, 0.2) is 72.8 Å². The number of nitriles is 2. The molecule has 122 valence electrons. The van der Waals surface area contributed by atoms with E-state index in [0.29, 0.717) is 11.1 Å². The first-order valence-corrected chi connectivity index (χ1v) is 8.24. The van der Waals surface area contributed by atoms with Crippen LogP contribution in [0, 0.1) is 22.7 Å². The van der Waals surface area contributed by atoms with Gasteiger partial charge in [0.1, 0.15) is 0 Å². The molecule has 26 heavy (non-hydrogen) atoms. The summed E-state index contributed by atoms with van der Waals surface area (Å²) in [7, 11) is 0. The van der Waals surface area contributed by atoms with Crippen LogP contribution in [0.25, 0.3) is 24.3 Å². The van der Waals surface area contributed by atoms with Crippen LogP contribution >= 0.6 is 0 Å². The molecule has 0 atom stereocenters. The van der Waals surface area contributed by atoms with Gasteiger partial charge in [-0.1, -0.05) is 78.9 Å². The Hall–Kier alpha value is -3.88. The molecule has 0 saturated carbocycles. The average Bonchev–Trinajstić information content (AvgIpc) is 2.72. The molecule has 0 aliphatic heterocycles. The lowest BCUT2D eigenvalue weighted by molar-refractivity contribution is 1.47. The molecule has 0 radical (unpaired) electrons. The van der Waals surface area contributed by atoms with Gasteiger partial charge < -0.3 is 0 Å². The summed E-state index contributed by atoms with van der Waals surface area (Å²) in [5.41, 5.74) is 5.40. The summed E-state index contributed by atoms with van der Waals surface area (Å²) < 4.78 is 0. The van der Waals surface area contributed by atoms with Crippen LogP contribution in [0.2, 0.25) is 0 Å². The van der Waals surface area contributed by atoms with Gasteiger partial charge in [0.15, 0.2) is 0 Å². The van der Waals surface area contributed by atoms with Crippen LogP contribution in [0.3, 0.4) is 0 Å². The monoisotopic (exact) mass is 332 g/mol. The van der Waals surface area contributed by atoms with Gasteiger partial charge in [0.05, 0.1) is 23.3 Å². The molecule has 0 saturated heterocycles. The van der Waals surface area contributed by atoms with Crippen molar-refractivity contribution in [1.82, 2.24) is 0 Å². The van der Waals surface area contributed by atoms with Crippen LogP contribution in [-0.2, 0) is 0 Å². The Morgan fingerprint density at radius 1 is 0.577 bits per heavy atom. The van der Waals surface area contributed by atoms with E-state index in [9.17, 15) is 0 Å². The van der Waals surface area contributed by atoms with Crippen LogP contribution in [0.5, 0.6) is 0 Å². The highest BCUT2D eigenvalue weighted by Gasteiger charge is 1.96. The van der Waals surface area contributed by atoms with Crippen molar-refractivity contribution in [3.63, 3.8) is 0 Å². The zero-order chi connectivity index (χ0) is 18.2. The maximum Gasteiger partial charge on any atom is 0.0997 e. The fourth-order valence-electron chi connectivity index (χ4n) is 2.55. The molecule has 3 aromatic carbocycles. The number of hydrogen-bond donors (Lipinski definition) is 0. The average molecular weight is 332 g/mol. The van der Waals surface area contributed by atoms with Gasteiger partial charge in [0.25, 0.3) is 0 Å². The molecule has 0 bridgehead atoms. The largest absolute Gasteiger partial charge is 0.192 e. The first kappa shape index (κ1) is 17.0. The summed E-state index contributed by atoms with van der Waals surface area (Å²) in [6.45, 7) is 0. The highest BCUT2D eigenvalue weighted by Crippen LogP contribution is 2.15. The topological polar surface area (TPSA) is 47.6 Å². The molecule has 0 fully saturated rings. The molecule has 0 aromatic heterocycles. The van der Waals surface area contributed by atoms with E-state index in [4.69, 9.17) is 10.5 Å². The standard InChI is InChI=1S/C24H16N2/c25-17-22-5-3-4-21(16-22)13-12-19-8-10-20(11-9-19)14-15-23-6-1-2-7-24(23)18-26/h1-16H/b13-12-,15-14+. The van der Waals surface area contributed by atoms with Gasteiger partial charge in [-0.25, -0.2) is 0 Å². The van der Waals surface area contributed by atoms with Crippen molar-refractivity contribution in [2.75, 3.05) is 0 Å². The second-order valence-corrected chi connectivity index (χ2v) is 5.77. The Balaban J connectivity index is 1.72. The molecule has 0 aliphatic carbocycles. The minimum atomic E-state index is 0.658. The van der Waals surface area contributed by atoms with Gasteiger partial charge in [-0.15, -0.1) is 0 Å². The van der Waals surface area contributed by atoms with Crippen molar-refractivity contribution in [2.24, 2.45) is 0 Å². The van der Waals surface area contributed by atoms with Crippen molar-refractivity contribution in [2.45, 2.75) is 0 Å². The Kier molecular flexibility index (Phi) is 5.41. The van der Waals surface area contributed by atoms with E-state index in [1.165, 1.54) is 0 Å². The Morgan fingerprint density at radius 2 is 1.23 bits per heavy atom. The number of benzene rings is 3. The second-order valence-electron chi connectivity index (χ2n) is 5.77. The highest BCUT2D eigenvalue weighted by atomic mass is 14.2. The SMILES string of the molecule is N#Cc1cccc(/C=C\c2ccc(/C=C/c3ccccc3C#N)cc2)c1. The quantitative estimate of drug-likeness (QED) is 0.569. The van der Waals surface area contributed by atoms with Gasteiger partial charge in [0, 0.05) is 0 Å². The van der Waals surface area contributed by atoms with E-state index in [1.807, 2.05) is 91.0 Å². The maximum atomic E-state index is 9.13. The summed E-state index contributed by atoms with van der Waals surface area (Å²) >= 11 is 0. The van der Waals surface area contributed by atoms with E-state index >= 15 is 0 Å². The normalized spacial score (nSPS) is 10.7. The van der Waals surface area contributed by atoms with E-state index in [2.05, 4.69) is 12.1 Å². The van der Waals surface area contributed by atoms with E-state index in [1.54, 1.807) is 6.07 Å². The van der Waals surface area contributed by atoms with E-state index in [-0.39, 0.29) is 0 Å². The van der Waals surface area contributed by atoms with E-state index < -0.39 is 0 Å². The second kappa shape index (κ2) is 8.29. The molecule has 2 nitrogen and oxygen atoms in total. The molecular formula is C24H16N2. The molecule has 0 heterocycles. The van der Waals surface area contributed by atoms with Gasteiger partial charge >= 0.3 is 0 Å². The minimum absolute atomic E-state index is 0.658. The molecule has 0 spiro atoms. The summed E-state index contributed by atoms with van der Waals surface area (Å²) in [5, 5.41) is 18.1. The fourth-order valence-corrected chi connectivity index (χ4v) is 2.55. The third-order valence-electron chi connectivity index (χ3n) is 3.96. The Bertz CT molecular complexity index is 1040. The predicted molar refractivity (Wildman–Crippen MR) is 107 cm³/mol. The number of nitrogens with zero attached hydrogens (tertiary/aromatic N) is 2. The highest BCUT2D eigenvalue weighted by molar-refractivity contribution is 5.74. The molecular weight excluding hydrogens is 316 g/mol. The van der Waals surface area contributed by atoms with E-state index in [0.717, 1.165) is 22.3 Å². The molecule has 3 aromatic rings. The summed E-state index contributed by atoms with van der Waals surface area (Å²) in [5.74, 6) is 0. The summed E-state index contributed by atoms with van der Waals surface area (Å²) in [6.07, 6.45) is 7.97. The lowest BCUT2D eigenvalue weighted by Crippen LogP contribution is -1.80. The Labute approximate surface area is 153 Å². The predicted octanol–water partition coefficient (Wildman–Crippen LogP) is 5.77. The smallest absolute Gasteiger partial charge is 0.0997 e. The lowest BCUT2D eigenvalue weighted by Gasteiger charge is -1.99. The molecule has 2 heteroatoms. The first-order chi connectivity index (χ1) is 12.8. The lowest BCUT2D eigenvalue weighted by atomic mass is 10.1. The zero-order valence-corrected chi connectivity index (χ0v) is 14.1. The minimum Gasteiger partial charge on any atom is -0.192 e. The Morgan fingerprint density at radius 3 is 1.92 bits per heavy atom. The number of rotatable bonds is 4. The van der Waals surface area contributed by atoms with Gasteiger partial charge in [-0.3, -0.25) is 0 Å². The summed E-state index contributed by atoms with van der Waals surface area (Å²) in [6, 6.07) is 27.6. The van der Waals surface area contributed by atoms with Crippen molar-refractivity contribution >= 4 is 24.3 Å². The van der Waals surface area contributed by atoms with Crippen LogP contribution in [-0.4, -0.2) is 0 Å². The van der Waals surface area contributed by atoms with Crippen molar-refractivity contribution in [3.8, 4) is 12.1 Å². The van der Waals surface area contributed by atoms with Gasteiger partial charge in [-0.05, 0) is 40.5 Å². The third kappa shape index (κ3) is 4.35. The molecule has 0 N–H and O–H groups in total. The van der Waals surface area contributed by atoms with Gasteiger partial charge in [-0.2, -0.15) is 10.5 Å². The number of hydrogen-bond acceptors (Lipinski definition) is 2. The van der Waals surface area contributed by atoms with Crippen molar-refractivity contribution in [1.29, 1.82) is 10.5 Å². The molecule has 0 amide bonds. The van der Waals surface area contributed by atoms with Crippen LogP contribution in [0.4, 0.5) is 0 Å². The molecule has 0 unspecified atom stereocenters. The van der Waals surface area contributed by atoms with Crippen molar-refractivity contribution in [3.05, 3.63) is 106 Å². The fraction of sp³-hybridized carbons (Fsp3) is 0. The summed E-state index contributed by atoms with van der Waals surface area (Å²) in [4.78, 5) is 0. The first-order valence-electron chi connectivity index (χ1n) is 8.24. The van der Waals surface area contributed by atoms with Crippen LogP contribution in [0.1, 0.15) is 33.4 Å². The third-order valence-corrected chi connectivity index (χ3v) is 3.96. The zero-order valence-electron chi connectivity index (χ0n) is 14.1. The van der Waals surface area contributed by atoms with Gasteiger partial charge in [0.2, 0.25) is 0 Å².